The first-order valence-electron chi connectivity index (χ1n) is 5.19. The van der Waals surface area contributed by atoms with Crippen molar-refractivity contribution in [1.29, 1.82) is 0 Å². The number of carboxylic acids is 2. The summed E-state index contributed by atoms with van der Waals surface area (Å²) in [6.45, 7) is -0.525. The Labute approximate surface area is 108 Å². The third kappa shape index (κ3) is 5.04. The SMILES string of the molecule is NC(C(O)C(=O)O)N(NCCO)C(N)C(O)C(=O)O. The van der Waals surface area contributed by atoms with Gasteiger partial charge in [0, 0.05) is 6.54 Å². The third-order valence-corrected chi connectivity index (χ3v) is 2.20. The molecular weight excluding hydrogens is 264 g/mol. The van der Waals surface area contributed by atoms with Crippen molar-refractivity contribution in [1.82, 2.24) is 10.4 Å². The van der Waals surface area contributed by atoms with Crippen LogP contribution in [0.3, 0.4) is 0 Å². The van der Waals surface area contributed by atoms with E-state index in [0.29, 0.717) is 5.01 Å². The summed E-state index contributed by atoms with van der Waals surface area (Å²) in [5, 5.41) is 45.1. The molecule has 10 N–H and O–H groups in total. The summed E-state index contributed by atoms with van der Waals surface area (Å²) in [6.07, 6.45) is -7.41. The lowest BCUT2D eigenvalue weighted by atomic mass is 10.2. The van der Waals surface area contributed by atoms with Crippen molar-refractivity contribution in [3.63, 3.8) is 0 Å². The minimum atomic E-state index is -2.07. The molecule has 11 heteroatoms. The lowest BCUT2D eigenvalue weighted by Gasteiger charge is -2.36. The van der Waals surface area contributed by atoms with E-state index in [1.807, 2.05) is 0 Å². The molecule has 0 fully saturated rings. The molecule has 4 unspecified atom stereocenters. The van der Waals surface area contributed by atoms with Crippen LogP contribution in [0.2, 0.25) is 0 Å². The quantitative estimate of drug-likeness (QED) is 0.149. The van der Waals surface area contributed by atoms with Gasteiger partial charge in [0.15, 0.2) is 12.2 Å². The van der Waals surface area contributed by atoms with Gasteiger partial charge in [-0.2, -0.15) is 0 Å². The fourth-order valence-electron chi connectivity index (χ4n) is 1.19. The first-order valence-corrected chi connectivity index (χ1v) is 5.19. The summed E-state index contributed by atoms with van der Waals surface area (Å²) < 4.78 is 0. The van der Waals surface area contributed by atoms with Gasteiger partial charge in [0.05, 0.1) is 6.61 Å². The molecule has 0 bridgehead atoms. The first kappa shape index (κ1) is 17.7. The number of nitrogens with two attached hydrogens (primary N) is 2. The highest BCUT2D eigenvalue weighted by Crippen LogP contribution is 2.04. The van der Waals surface area contributed by atoms with E-state index in [9.17, 15) is 19.8 Å². The number of nitrogens with one attached hydrogen (secondary N) is 1. The van der Waals surface area contributed by atoms with E-state index < -0.39 is 36.5 Å². The number of rotatable bonds is 9. The van der Waals surface area contributed by atoms with Crippen molar-refractivity contribution >= 4 is 11.9 Å². The van der Waals surface area contributed by atoms with E-state index in [-0.39, 0.29) is 13.2 Å². The van der Waals surface area contributed by atoms with Gasteiger partial charge in [0.2, 0.25) is 0 Å². The Morgan fingerprint density at radius 2 is 1.42 bits per heavy atom. The molecule has 0 amide bonds. The molecular formula is C8H18N4O7. The molecule has 0 saturated heterocycles. The van der Waals surface area contributed by atoms with Crippen LogP contribution in [0.5, 0.6) is 0 Å². The summed E-state index contributed by atoms with van der Waals surface area (Å²) in [5.74, 6) is -3.30. The Balaban J connectivity index is 4.97. The predicted octanol–water partition coefficient (Wildman–Crippen LogP) is -4.75. The van der Waals surface area contributed by atoms with E-state index in [2.05, 4.69) is 5.43 Å². The smallest absolute Gasteiger partial charge is 0.335 e. The van der Waals surface area contributed by atoms with Crippen LogP contribution in [0.1, 0.15) is 0 Å². The number of hydrazine groups is 1. The molecule has 11 nitrogen and oxygen atoms in total. The van der Waals surface area contributed by atoms with Crippen molar-refractivity contribution in [2.75, 3.05) is 13.2 Å². The molecule has 19 heavy (non-hydrogen) atoms. The largest absolute Gasteiger partial charge is 0.479 e. The highest BCUT2D eigenvalue weighted by atomic mass is 16.4. The van der Waals surface area contributed by atoms with E-state index in [0.717, 1.165) is 0 Å². The highest BCUT2D eigenvalue weighted by molar-refractivity contribution is 5.73. The van der Waals surface area contributed by atoms with Gasteiger partial charge in [-0.3, -0.25) is 0 Å². The fourth-order valence-corrected chi connectivity index (χ4v) is 1.19. The lowest BCUT2D eigenvalue weighted by molar-refractivity contribution is -0.158. The second-order valence-electron chi connectivity index (χ2n) is 3.59. The summed E-state index contributed by atoms with van der Waals surface area (Å²) in [7, 11) is 0. The predicted molar refractivity (Wildman–Crippen MR) is 60.2 cm³/mol. The van der Waals surface area contributed by atoms with Crippen LogP contribution in [0.25, 0.3) is 0 Å². The van der Waals surface area contributed by atoms with Crippen LogP contribution in [-0.2, 0) is 9.59 Å². The molecule has 0 aliphatic heterocycles. The molecule has 0 spiro atoms. The molecule has 0 radical (unpaired) electrons. The zero-order chi connectivity index (χ0) is 15.2. The number of aliphatic hydroxyl groups excluding tert-OH is 3. The summed E-state index contributed by atoms with van der Waals surface area (Å²) >= 11 is 0. The third-order valence-electron chi connectivity index (χ3n) is 2.20. The molecule has 0 saturated carbocycles. The number of hydrogen-bond donors (Lipinski definition) is 8. The zero-order valence-corrected chi connectivity index (χ0v) is 9.88. The Bertz CT molecular complexity index is 289. The highest BCUT2D eigenvalue weighted by Gasteiger charge is 2.36. The Kier molecular flexibility index (Phi) is 7.40. The average molecular weight is 282 g/mol. The second kappa shape index (κ2) is 7.96. The van der Waals surface area contributed by atoms with Crippen molar-refractivity contribution in [2.45, 2.75) is 24.5 Å². The van der Waals surface area contributed by atoms with Gasteiger partial charge in [-0.1, -0.05) is 0 Å². The van der Waals surface area contributed by atoms with Gasteiger partial charge >= 0.3 is 11.9 Å². The number of aliphatic carboxylic acids is 2. The number of carboxylic acid groups (broad SMARTS) is 2. The number of carbonyl (C=O) groups is 2. The summed E-state index contributed by atoms with van der Waals surface area (Å²) in [5.41, 5.74) is 13.1. The molecule has 0 aromatic heterocycles. The van der Waals surface area contributed by atoms with Gasteiger partial charge in [-0.25, -0.2) is 20.0 Å². The fraction of sp³-hybridized carbons (Fsp3) is 0.750. The monoisotopic (exact) mass is 282 g/mol. The second-order valence-corrected chi connectivity index (χ2v) is 3.59. The maximum atomic E-state index is 10.6. The standard InChI is InChI=1S/C8H18N4O7/c9-5(3(14)7(16)17)12(11-1-2-13)6(10)4(15)8(18)19/h3-6,11,13-15H,1-2,9-10H2,(H,16,17)(H,18,19). The Morgan fingerprint density at radius 3 is 1.68 bits per heavy atom. The molecule has 0 aromatic rings. The first-order chi connectivity index (χ1) is 8.73. The van der Waals surface area contributed by atoms with E-state index in [4.69, 9.17) is 26.8 Å². The van der Waals surface area contributed by atoms with Gasteiger partial charge in [-0.05, 0) is 0 Å². The maximum Gasteiger partial charge on any atom is 0.335 e. The van der Waals surface area contributed by atoms with Crippen molar-refractivity contribution in [3.05, 3.63) is 0 Å². The molecule has 0 heterocycles. The molecule has 0 aliphatic carbocycles. The molecule has 112 valence electrons. The Hall–Kier alpha value is -1.34. The number of hydrogen-bond acceptors (Lipinski definition) is 9. The lowest BCUT2D eigenvalue weighted by Crippen LogP contribution is -2.67. The normalized spacial score (nSPS) is 17.8. The van der Waals surface area contributed by atoms with Crippen molar-refractivity contribution in [2.24, 2.45) is 11.5 Å². The van der Waals surface area contributed by atoms with Gasteiger partial charge in [-0.15, -0.1) is 0 Å². The minimum absolute atomic E-state index is 0.139. The molecule has 0 aromatic carbocycles. The van der Waals surface area contributed by atoms with Crippen molar-refractivity contribution in [3.8, 4) is 0 Å². The van der Waals surface area contributed by atoms with Gasteiger partial charge < -0.3 is 37.0 Å². The van der Waals surface area contributed by atoms with Crippen LogP contribution in [0.4, 0.5) is 0 Å². The Morgan fingerprint density at radius 1 is 1.05 bits per heavy atom. The van der Waals surface area contributed by atoms with Crippen molar-refractivity contribution < 1.29 is 35.1 Å². The number of nitrogens with zero attached hydrogens (tertiary/aromatic N) is 1. The summed E-state index contributed by atoms with van der Waals surface area (Å²) in [6, 6.07) is 0. The van der Waals surface area contributed by atoms with Crippen LogP contribution < -0.4 is 16.9 Å². The van der Waals surface area contributed by atoms with E-state index in [1.165, 1.54) is 0 Å². The van der Waals surface area contributed by atoms with Crippen LogP contribution in [0.15, 0.2) is 0 Å². The van der Waals surface area contributed by atoms with E-state index in [1.54, 1.807) is 0 Å². The average Bonchev–Trinajstić information content (AvgIpc) is 2.36. The van der Waals surface area contributed by atoms with E-state index >= 15 is 0 Å². The molecule has 4 atom stereocenters. The maximum absolute atomic E-state index is 10.6. The van der Waals surface area contributed by atoms with Crippen LogP contribution in [0, 0.1) is 0 Å². The summed E-state index contributed by atoms with van der Waals surface area (Å²) in [4.78, 5) is 21.2. The van der Waals surface area contributed by atoms with Gasteiger partial charge in [0.25, 0.3) is 0 Å². The van der Waals surface area contributed by atoms with Crippen LogP contribution in [-0.4, -0.2) is 80.2 Å². The zero-order valence-electron chi connectivity index (χ0n) is 9.88. The molecule has 0 aliphatic rings. The van der Waals surface area contributed by atoms with Gasteiger partial charge in [0.1, 0.15) is 12.3 Å². The van der Waals surface area contributed by atoms with Crippen LogP contribution >= 0.6 is 0 Å². The topological polar surface area (TPSA) is 203 Å². The number of aliphatic hydroxyl groups is 3. The minimum Gasteiger partial charge on any atom is -0.479 e. The molecule has 0 rings (SSSR count).